The van der Waals surface area contributed by atoms with Crippen LogP contribution in [0.5, 0.6) is 0 Å². The van der Waals surface area contributed by atoms with Crippen LogP contribution in [0.4, 0.5) is 17.1 Å². The monoisotopic (exact) mass is 909 g/mol. The molecule has 0 saturated heterocycles. The van der Waals surface area contributed by atoms with E-state index in [9.17, 15) is 0 Å². The summed E-state index contributed by atoms with van der Waals surface area (Å²) in [6.07, 6.45) is 0. The Morgan fingerprint density at radius 2 is 0.873 bits per heavy atom. The van der Waals surface area contributed by atoms with Gasteiger partial charge in [-0.15, -0.1) is 0 Å². The van der Waals surface area contributed by atoms with Crippen molar-refractivity contribution in [3.05, 3.63) is 280 Å². The number of hydrogen-bond acceptors (Lipinski definition) is 1. The molecule has 0 spiro atoms. The van der Waals surface area contributed by atoms with Crippen LogP contribution in [0.15, 0.2) is 224 Å². The second-order valence-electron chi connectivity index (χ2n) is 22.1. The Kier molecular flexibility index (Phi) is 8.72. The Hall–Kier alpha value is -8.00. The molecule has 340 valence electrons. The van der Waals surface area contributed by atoms with Crippen molar-refractivity contribution in [2.45, 2.75) is 63.2 Å². The molecule has 1 atom stereocenters. The van der Waals surface area contributed by atoms with E-state index in [0.29, 0.717) is 0 Å². The second kappa shape index (κ2) is 14.8. The zero-order valence-electron chi connectivity index (χ0n) is 41.3. The molecule has 10 aromatic rings. The zero-order chi connectivity index (χ0) is 48.0. The highest BCUT2D eigenvalue weighted by Gasteiger charge is 2.48. The summed E-state index contributed by atoms with van der Waals surface area (Å²) in [5, 5.41) is 0. The minimum atomic E-state index is -0.547. The Balaban J connectivity index is 1.11. The van der Waals surface area contributed by atoms with E-state index >= 15 is 0 Å². The molecule has 3 aliphatic carbocycles. The molecular weight excluding hydrogens is 855 g/mol. The molecule has 71 heavy (non-hydrogen) atoms. The standard InChI is InChI=1S/C70H55N/c1-67(2,3)47-34-36-53-60(40-47)68(4,5)59-39-38-52-56-42-55-50-29-16-19-31-57(50)69(6,44-22-10-7-11-23-44)61(55)43-64(56)71(63-33-21-18-30-54(63)65(52)66(53)59)48-35-37-51-49-28-17-20-32-58(49)70(62(51)41-48,45-24-12-8-13-25-45)46-26-14-9-15-27-46/h7-43H,1-6H3. The van der Waals surface area contributed by atoms with Crippen molar-refractivity contribution in [3.8, 4) is 55.6 Å². The quantitative estimate of drug-likeness (QED) is 0.170. The fraction of sp³-hybridized carbons (Fsp3) is 0.143. The number of rotatable bonds is 4. The van der Waals surface area contributed by atoms with E-state index in [4.69, 9.17) is 0 Å². The summed E-state index contributed by atoms with van der Waals surface area (Å²) in [6.45, 7) is 14.3. The third-order valence-corrected chi connectivity index (χ3v) is 17.1. The van der Waals surface area contributed by atoms with Gasteiger partial charge in [0.25, 0.3) is 0 Å². The number of nitrogens with zero attached hydrogens (tertiary/aromatic N) is 1. The van der Waals surface area contributed by atoms with Crippen LogP contribution in [0.25, 0.3) is 55.6 Å². The van der Waals surface area contributed by atoms with Crippen molar-refractivity contribution in [2.24, 2.45) is 0 Å². The maximum absolute atomic E-state index is 2.62. The van der Waals surface area contributed by atoms with Crippen LogP contribution in [0.2, 0.25) is 0 Å². The normalized spacial score (nSPS) is 16.8. The zero-order valence-corrected chi connectivity index (χ0v) is 41.3. The molecule has 0 N–H and O–H groups in total. The van der Waals surface area contributed by atoms with E-state index in [1.807, 2.05) is 0 Å². The Labute approximate surface area is 418 Å². The highest BCUT2D eigenvalue weighted by Crippen LogP contribution is 2.63. The van der Waals surface area contributed by atoms with Gasteiger partial charge in [-0.1, -0.05) is 229 Å². The fourth-order valence-electron chi connectivity index (χ4n) is 13.7. The SMILES string of the molecule is CC(C)(C)c1ccc2c(c1)C(C)(C)c1ccc3c(c1-2)-c1ccccc1N(c1ccc2c(c1)C(c1ccccc1)(c1ccccc1)c1ccccc1-2)c1cc2c(cc1-3)-c1ccccc1C2(C)c1ccccc1. The summed E-state index contributed by atoms with van der Waals surface area (Å²) in [5.74, 6) is 0. The van der Waals surface area contributed by atoms with Gasteiger partial charge in [0, 0.05) is 27.6 Å². The molecule has 0 fully saturated rings. The average Bonchev–Trinajstić information content (AvgIpc) is 3.90. The highest BCUT2D eigenvalue weighted by atomic mass is 15.2. The average molecular weight is 910 g/mol. The van der Waals surface area contributed by atoms with E-state index in [-0.39, 0.29) is 16.2 Å². The van der Waals surface area contributed by atoms with Gasteiger partial charge in [0.2, 0.25) is 0 Å². The van der Waals surface area contributed by atoms with Crippen LogP contribution in [-0.2, 0) is 21.7 Å². The minimum absolute atomic E-state index is 0.0313. The summed E-state index contributed by atoms with van der Waals surface area (Å²) in [6, 6.07) is 85.8. The Morgan fingerprint density at radius 3 is 1.55 bits per heavy atom. The lowest BCUT2D eigenvalue weighted by Crippen LogP contribution is -2.28. The molecule has 1 heterocycles. The molecule has 0 saturated carbocycles. The number of hydrogen-bond donors (Lipinski definition) is 0. The van der Waals surface area contributed by atoms with E-state index in [0.717, 1.165) is 5.69 Å². The summed E-state index contributed by atoms with van der Waals surface area (Å²) >= 11 is 0. The first-order valence-electron chi connectivity index (χ1n) is 25.4. The van der Waals surface area contributed by atoms with E-state index in [1.165, 1.54) is 123 Å². The molecule has 4 aliphatic rings. The van der Waals surface area contributed by atoms with Crippen molar-refractivity contribution in [3.63, 3.8) is 0 Å². The third kappa shape index (κ3) is 5.58. The molecule has 1 heteroatoms. The summed E-state index contributed by atoms with van der Waals surface area (Å²) in [4.78, 5) is 2.62. The lowest BCUT2D eigenvalue weighted by Gasteiger charge is -2.35. The van der Waals surface area contributed by atoms with Crippen LogP contribution in [-0.4, -0.2) is 0 Å². The largest absolute Gasteiger partial charge is 0.309 e. The van der Waals surface area contributed by atoms with E-state index in [1.54, 1.807) is 0 Å². The van der Waals surface area contributed by atoms with Crippen LogP contribution >= 0.6 is 0 Å². The van der Waals surface area contributed by atoms with Crippen LogP contribution in [0.1, 0.15) is 97.2 Å². The summed E-state index contributed by atoms with van der Waals surface area (Å²) in [7, 11) is 0. The molecular formula is C70H55N. The molecule has 1 nitrogen and oxygen atoms in total. The van der Waals surface area contributed by atoms with Crippen molar-refractivity contribution >= 4 is 17.1 Å². The van der Waals surface area contributed by atoms with Crippen LogP contribution in [0, 0.1) is 0 Å². The van der Waals surface area contributed by atoms with Crippen LogP contribution < -0.4 is 4.90 Å². The molecule has 0 bridgehead atoms. The minimum Gasteiger partial charge on any atom is -0.309 e. The van der Waals surface area contributed by atoms with Gasteiger partial charge < -0.3 is 4.90 Å². The van der Waals surface area contributed by atoms with Gasteiger partial charge >= 0.3 is 0 Å². The number of fused-ring (bicyclic) bond motifs is 15. The number of para-hydroxylation sites is 1. The topological polar surface area (TPSA) is 3.24 Å². The number of anilines is 3. The predicted molar refractivity (Wildman–Crippen MR) is 297 cm³/mol. The Bertz CT molecular complexity index is 3790. The summed E-state index contributed by atoms with van der Waals surface area (Å²) < 4.78 is 0. The van der Waals surface area contributed by atoms with Gasteiger partial charge in [-0.25, -0.2) is 0 Å². The van der Waals surface area contributed by atoms with E-state index < -0.39 is 5.41 Å². The van der Waals surface area contributed by atoms with Crippen molar-refractivity contribution < 1.29 is 0 Å². The lowest BCUT2D eigenvalue weighted by molar-refractivity contribution is 0.584. The van der Waals surface area contributed by atoms with Gasteiger partial charge in [0.05, 0.1) is 16.8 Å². The van der Waals surface area contributed by atoms with Gasteiger partial charge in [0.15, 0.2) is 0 Å². The lowest BCUT2D eigenvalue weighted by atomic mass is 9.67. The molecule has 1 unspecified atom stereocenters. The molecule has 14 rings (SSSR count). The second-order valence-corrected chi connectivity index (χ2v) is 22.1. The molecule has 10 aromatic carbocycles. The molecule has 0 aromatic heterocycles. The maximum atomic E-state index is 2.62. The molecule has 1 aliphatic heterocycles. The fourth-order valence-corrected chi connectivity index (χ4v) is 13.7. The van der Waals surface area contributed by atoms with Crippen LogP contribution in [0.3, 0.4) is 0 Å². The number of benzene rings is 10. The van der Waals surface area contributed by atoms with Gasteiger partial charge in [-0.3, -0.25) is 0 Å². The van der Waals surface area contributed by atoms with Gasteiger partial charge in [0.1, 0.15) is 0 Å². The van der Waals surface area contributed by atoms with Crippen molar-refractivity contribution in [1.29, 1.82) is 0 Å². The maximum Gasteiger partial charge on any atom is 0.0714 e. The van der Waals surface area contributed by atoms with Crippen molar-refractivity contribution in [1.82, 2.24) is 0 Å². The smallest absolute Gasteiger partial charge is 0.0714 e. The first-order valence-corrected chi connectivity index (χ1v) is 25.4. The van der Waals surface area contributed by atoms with Gasteiger partial charge in [-0.05, 0) is 143 Å². The molecule has 0 radical (unpaired) electrons. The van der Waals surface area contributed by atoms with Crippen molar-refractivity contribution in [2.75, 3.05) is 4.90 Å². The highest BCUT2D eigenvalue weighted by molar-refractivity contribution is 6.10. The predicted octanol–water partition coefficient (Wildman–Crippen LogP) is 18.1. The Morgan fingerprint density at radius 1 is 0.324 bits per heavy atom. The third-order valence-electron chi connectivity index (χ3n) is 17.1. The van der Waals surface area contributed by atoms with Gasteiger partial charge in [-0.2, -0.15) is 0 Å². The molecule has 0 amide bonds. The summed E-state index contributed by atoms with van der Waals surface area (Å²) in [5.41, 5.74) is 28.6. The first kappa shape index (κ1) is 41.9. The van der Waals surface area contributed by atoms with E-state index in [2.05, 4.69) is 271 Å². The first-order chi connectivity index (χ1) is 34.5.